The molecule has 0 fully saturated rings. The van der Waals surface area contributed by atoms with Crippen LogP contribution in [0.1, 0.15) is 41.4 Å². The number of nitrogens with one attached hydrogen (secondary N) is 3. The lowest BCUT2D eigenvalue weighted by Gasteiger charge is -2.17. The lowest BCUT2D eigenvalue weighted by molar-refractivity contribution is 0.100. The van der Waals surface area contributed by atoms with Crippen LogP contribution in [0.5, 0.6) is 0 Å². The molecule has 0 unspecified atom stereocenters. The summed E-state index contributed by atoms with van der Waals surface area (Å²) in [5.41, 5.74) is 6.91. The fraction of sp³-hybridized carbons (Fsp3) is 0.400. The summed E-state index contributed by atoms with van der Waals surface area (Å²) in [6.45, 7) is 3.33. The van der Waals surface area contributed by atoms with Crippen LogP contribution in [-0.2, 0) is 13.0 Å². The average Bonchev–Trinajstić information content (AvgIpc) is 2.70. The maximum absolute atomic E-state index is 12.1. The summed E-state index contributed by atoms with van der Waals surface area (Å²) in [5, 5.41) is 5.79. The molecule has 0 spiro atoms. The first kappa shape index (κ1) is 21.9. The smallest absolute Gasteiger partial charge is 0.317 e. The van der Waals surface area contributed by atoms with Crippen LogP contribution in [0.15, 0.2) is 35.3 Å². The molecule has 0 aliphatic rings. The number of rotatable bonds is 10. The number of nitrogens with zero attached hydrogens (tertiary/aromatic N) is 2. The normalized spacial score (nSPS) is 10.4. The van der Waals surface area contributed by atoms with Crippen molar-refractivity contribution < 1.29 is 9.59 Å². The number of nitrogens with two attached hydrogens (primary N) is 1. The van der Waals surface area contributed by atoms with Gasteiger partial charge in [0.25, 0.3) is 11.5 Å². The highest BCUT2D eigenvalue weighted by atomic mass is 16.2. The number of primary amides is 1. The van der Waals surface area contributed by atoms with E-state index in [1.165, 1.54) is 0 Å². The van der Waals surface area contributed by atoms with Gasteiger partial charge in [-0.3, -0.25) is 9.59 Å². The zero-order valence-electron chi connectivity index (χ0n) is 16.8. The average molecular weight is 400 g/mol. The summed E-state index contributed by atoms with van der Waals surface area (Å²) in [6.07, 6.45) is 3.92. The van der Waals surface area contributed by atoms with E-state index in [0.717, 1.165) is 25.0 Å². The van der Waals surface area contributed by atoms with Gasteiger partial charge in [-0.25, -0.2) is 9.78 Å². The van der Waals surface area contributed by atoms with E-state index in [4.69, 9.17) is 5.73 Å². The number of hydrogen-bond donors (Lipinski definition) is 4. The zero-order valence-corrected chi connectivity index (χ0v) is 16.8. The molecule has 0 saturated heterocycles. The van der Waals surface area contributed by atoms with Gasteiger partial charge in [0.1, 0.15) is 5.82 Å². The number of hydrogen-bond acceptors (Lipinski definition) is 5. The molecular formula is C20H28N6O3. The van der Waals surface area contributed by atoms with Gasteiger partial charge < -0.3 is 26.3 Å². The van der Waals surface area contributed by atoms with Crippen molar-refractivity contribution in [2.24, 2.45) is 5.73 Å². The van der Waals surface area contributed by atoms with Gasteiger partial charge in [0.2, 0.25) is 0 Å². The van der Waals surface area contributed by atoms with E-state index in [9.17, 15) is 14.4 Å². The Hall–Kier alpha value is -3.36. The summed E-state index contributed by atoms with van der Waals surface area (Å²) in [6, 6.07) is 6.66. The number of unbranched alkanes of at least 4 members (excludes halogenated alkanes) is 1. The third kappa shape index (κ3) is 6.63. The Morgan fingerprint density at radius 1 is 1.24 bits per heavy atom. The predicted octanol–water partition coefficient (Wildman–Crippen LogP) is 1.46. The molecule has 2 heterocycles. The Morgan fingerprint density at radius 2 is 2.03 bits per heavy atom. The van der Waals surface area contributed by atoms with Crippen LogP contribution in [0.25, 0.3) is 0 Å². The molecule has 0 aromatic carbocycles. The molecule has 0 radical (unpaired) electrons. The monoisotopic (exact) mass is 400 g/mol. The molecule has 9 nitrogen and oxygen atoms in total. The third-order valence-corrected chi connectivity index (χ3v) is 4.42. The topological polar surface area (TPSA) is 133 Å². The molecular weight excluding hydrogens is 372 g/mol. The minimum absolute atomic E-state index is 0.183. The van der Waals surface area contributed by atoms with Gasteiger partial charge in [-0.15, -0.1) is 0 Å². The second-order valence-corrected chi connectivity index (χ2v) is 6.66. The Labute approximate surface area is 169 Å². The van der Waals surface area contributed by atoms with E-state index in [1.54, 1.807) is 42.4 Å². The molecule has 156 valence electrons. The number of carbonyl (C=O) groups excluding carboxylic acids is 2. The molecule has 0 aliphatic heterocycles. The standard InChI is InChI=1S/C20H28N6O3/c1-3-22-18-16(17(21)27)10-9-15(25-18)8-4-5-12-26(2)20(29)24-13-14-7-6-11-23-19(14)28/h6-7,9-11H,3-5,8,12-13H2,1-2H3,(H2,21,27)(H,22,25)(H,23,28)(H,24,29). The number of carbonyl (C=O) groups is 2. The van der Waals surface area contributed by atoms with Crippen LogP contribution in [0.4, 0.5) is 10.6 Å². The molecule has 2 aromatic heterocycles. The maximum atomic E-state index is 12.1. The van der Waals surface area contributed by atoms with Crippen molar-refractivity contribution in [2.75, 3.05) is 25.5 Å². The van der Waals surface area contributed by atoms with Crippen LogP contribution < -0.4 is 21.9 Å². The van der Waals surface area contributed by atoms with Crippen molar-refractivity contribution in [1.29, 1.82) is 0 Å². The van der Waals surface area contributed by atoms with Gasteiger partial charge in [0.15, 0.2) is 0 Å². The van der Waals surface area contributed by atoms with Crippen molar-refractivity contribution in [2.45, 2.75) is 32.7 Å². The Bertz CT molecular complexity index is 896. The summed E-state index contributed by atoms with van der Waals surface area (Å²) in [7, 11) is 1.72. The van der Waals surface area contributed by atoms with Gasteiger partial charge in [0, 0.05) is 44.1 Å². The molecule has 0 atom stereocenters. The predicted molar refractivity (Wildman–Crippen MR) is 112 cm³/mol. The molecule has 29 heavy (non-hydrogen) atoms. The Morgan fingerprint density at radius 3 is 2.72 bits per heavy atom. The van der Waals surface area contributed by atoms with E-state index in [0.29, 0.717) is 30.0 Å². The fourth-order valence-corrected chi connectivity index (χ4v) is 2.80. The second-order valence-electron chi connectivity index (χ2n) is 6.66. The number of aromatic amines is 1. The highest BCUT2D eigenvalue weighted by Crippen LogP contribution is 2.14. The van der Waals surface area contributed by atoms with Crippen LogP contribution in [0.2, 0.25) is 0 Å². The number of H-pyrrole nitrogens is 1. The largest absolute Gasteiger partial charge is 0.370 e. The molecule has 9 heteroatoms. The van der Waals surface area contributed by atoms with Crippen molar-refractivity contribution >= 4 is 17.8 Å². The van der Waals surface area contributed by atoms with Crippen LogP contribution >= 0.6 is 0 Å². The highest BCUT2D eigenvalue weighted by molar-refractivity contribution is 5.97. The zero-order chi connectivity index (χ0) is 21.2. The quantitative estimate of drug-likeness (QED) is 0.448. The number of urea groups is 1. The van der Waals surface area contributed by atoms with Crippen LogP contribution in [-0.4, -0.2) is 46.9 Å². The first-order valence-electron chi connectivity index (χ1n) is 9.61. The number of aryl methyl sites for hydroxylation is 1. The van der Waals surface area contributed by atoms with E-state index < -0.39 is 5.91 Å². The Kier molecular flexibility index (Phi) is 8.20. The van der Waals surface area contributed by atoms with Crippen molar-refractivity contribution in [3.05, 3.63) is 57.6 Å². The van der Waals surface area contributed by atoms with Crippen molar-refractivity contribution in [3.63, 3.8) is 0 Å². The SMILES string of the molecule is CCNc1nc(CCCCN(C)C(=O)NCc2ccc[nH]c2=O)ccc1C(N)=O. The summed E-state index contributed by atoms with van der Waals surface area (Å²) in [5.74, 6) is -0.00461. The third-order valence-electron chi connectivity index (χ3n) is 4.42. The van der Waals surface area contributed by atoms with Crippen LogP contribution in [0.3, 0.4) is 0 Å². The second kappa shape index (κ2) is 10.8. The van der Waals surface area contributed by atoms with E-state index in [2.05, 4.69) is 20.6 Å². The lowest BCUT2D eigenvalue weighted by atomic mass is 10.1. The van der Waals surface area contributed by atoms with Crippen LogP contribution in [0, 0.1) is 0 Å². The summed E-state index contributed by atoms with van der Waals surface area (Å²) >= 11 is 0. The lowest BCUT2D eigenvalue weighted by Crippen LogP contribution is -2.38. The molecule has 0 bridgehead atoms. The summed E-state index contributed by atoms with van der Waals surface area (Å²) in [4.78, 5) is 43.8. The number of amides is 3. The highest BCUT2D eigenvalue weighted by Gasteiger charge is 2.11. The minimum Gasteiger partial charge on any atom is -0.370 e. The maximum Gasteiger partial charge on any atom is 0.317 e. The Balaban J connectivity index is 1.77. The molecule has 0 saturated carbocycles. The first-order valence-corrected chi connectivity index (χ1v) is 9.61. The van der Waals surface area contributed by atoms with E-state index in [-0.39, 0.29) is 18.1 Å². The van der Waals surface area contributed by atoms with Gasteiger partial charge in [-0.05, 0) is 44.4 Å². The molecule has 5 N–H and O–H groups in total. The van der Waals surface area contributed by atoms with E-state index >= 15 is 0 Å². The van der Waals surface area contributed by atoms with Gasteiger partial charge in [-0.2, -0.15) is 0 Å². The number of anilines is 1. The van der Waals surface area contributed by atoms with Gasteiger partial charge in [0.05, 0.1) is 5.56 Å². The minimum atomic E-state index is -0.509. The molecule has 0 aliphatic carbocycles. The molecule has 3 amide bonds. The van der Waals surface area contributed by atoms with Crippen molar-refractivity contribution in [1.82, 2.24) is 20.2 Å². The first-order chi connectivity index (χ1) is 13.9. The fourth-order valence-electron chi connectivity index (χ4n) is 2.80. The van der Waals surface area contributed by atoms with Gasteiger partial charge >= 0.3 is 6.03 Å². The van der Waals surface area contributed by atoms with E-state index in [1.807, 2.05) is 6.92 Å². The number of aromatic nitrogens is 2. The van der Waals surface area contributed by atoms with Crippen molar-refractivity contribution in [3.8, 4) is 0 Å². The summed E-state index contributed by atoms with van der Waals surface area (Å²) < 4.78 is 0. The number of pyridine rings is 2. The molecule has 2 aromatic rings. The van der Waals surface area contributed by atoms with Gasteiger partial charge in [-0.1, -0.05) is 6.07 Å². The molecule has 2 rings (SSSR count).